The molecule has 1 saturated heterocycles. The van der Waals surface area contributed by atoms with Crippen LogP contribution in [0.5, 0.6) is 5.75 Å². The van der Waals surface area contributed by atoms with Crippen LogP contribution >= 0.6 is 0 Å². The Balaban J connectivity index is 1.37. The second-order valence-corrected chi connectivity index (χ2v) is 12.2. The molecule has 0 aromatic heterocycles. The number of hydrogen-bond acceptors (Lipinski definition) is 2. The molecule has 4 bridgehead atoms. The van der Waals surface area contributed by atoms with Crippen LogP contribution in [-0.4, -0.2) is 17.5 Å². The number of benzene rings is 1. The van der Waals surface area contributed by atoms with E-state index in [0.29, 0.717) is 10.9 Å². The van der Waals surface area contributed by atoms with Crippen molar-refractivity contribution in [3.05, 3.63) is 23.3 Å². The molecule has 0 atom stereocenters. The average Bonchev–Trinajstić information content (AvgIpc) is 2.64. The molecule has 4 aliphatic carbocycles. The highest BCUT2D eigenvalue weighted by Crippen LogP contribution is 2.60. The zero-order chi connectivity index (χ0) is 18.6. The second kappa shape index (κ2) is 6.83. The standard InChI is InChI=1S/C24H33O2S/c1-16-8-21(27-6-4-3-5-7-27)9-17(2)22(16)26-23(25)24-13-18-10-19(14-24)12-20(11-18)15-24/h8-9,18-20H,3-7,10-15H2,1-2H3/q+1. The monoisotopic (exact) mass is 385 g/mol. The van der Waals surface area contributed by atoms with Gasteiger partial charge in [-0.3, -0.25) is 4.79 Å². The number of aryl methyl sites for hydroxylation is 2. The normalized spacial score (nSPS) is 35.4. The second-order valence-electron chi connectivity index (χ2n) is 9.94. The molecule has 1 aliphatic heterocycles. The predicted octanol–water partition coefficient (Wildman–Crippen LogP) is 5.59. The Kier molecular flexibility index (Phi) is 4.57. The smallest absolute Gasteiger partial charge is 0.317 e. The Labute approximate surface area is 166 Å². The summed E-state index contributed by atoms with van der Waals surface area (Å²) in [5.74, 6) is 5.94. The van der Waals surface area contributed by atoms with Crippen LogP contribution in [0.25, 0.3) is 0 Å². The van der Waals surface area contributed by atoms with Gasteiger partial charge in [0.1, 0.15) is 17.3 Å². The lowest BCUT2D eigenvalue weighted by Crippen LogP contribution is -2.51. The zero-order valence-corrected chi connectivity index (χ0v) is 17.7. The van der Waals surface area contributed by atoms with Gasteiger partial charge in [-0.15, -0.1) is 0 Å². The number of carbonyl (C=O) groups excluding carboxylic acids is 1. The van der Waals surface area contributed by atoms with Gasteiger partial charge in [-0.05, 0) is 113 Å². The van der Waals surface area contributed by atoms with E-state index in [4.69, 9.17) is 4.74 Å². The van der Waals surface area contributed by atoms with Gasteiger partial charge in [0.2, 0.25) is 0 Å². The number of carbonyl (C=O) groups is 1. The Bertz CT molecular complexity index is 688. The van der Waals surface area contributed by atoms with Crippen molar-refractivity contribution in [3.63, 3.8) is 0 Å². The minimum atomic E-state index is -0.169. The van der Waals surface area contributed by atoms with E-state index in [9.17, 15) is 4.79 Å². The van der Waals surface area contributed by atoms with Gasteiger partial charge in [0.15, 0.2) is 4.90 Å². The highest BCUT2D eigenvalue weighted by Gasteiger charge is 2.55. The summed E-state index contributed by atoms with van der Waals surface area (Å²) < 4.78 is 6.17. The van der Waals surface area contributed by atoms with Crippen LogP contribution in [0.2, 0.25) is 0 Å². The molecule has 0 spiro atoms. The van der Waals surface area contributed by atoms with Crippen molar-refractivity contribution < 1.29 is 9.53 Å². The SMILES string of the molecule is Cc1cc([S+]2CCCCC2)cc(C)c1OC(=O)C12CC3CC(CC(C3)C1)C2. The minimum Gasteiger partial charge on any atom is -0.426 e. The maximum Gasteiger partial charge on any atom is 0.317 e. The molecule has 6 rings (SSSR count). The molecule has 5 aliphatic rings. The summed E-state index contributed by atoms with van der Waals surface area (Å²) in [4.78, 5) is 14.8. The molecule has 5 fully saturated rings. The molecular formula is C24H33O2S+. The van der Waals surface area contributed by atoms with Crippen molar-refractivity contribution >= 4 is 16.9 Å². The van der Waals surface area contributed by atoms with Crippen LogP contribution in [0.4, 0.5) is 0 Å². The van der Waals surface area contributed by atoms with E-state index in [-0.39, 0.29) is 11.4 Å². The summed E-state index contributed by atoms with van der Waals surface area (Å²) in [5.41, 5.74) is 2.14. The Hall–Kier alpha value is -0.960. The first kappa shape index (κ1) is 18.1. The summed E-state index contributed by atoms with van der Waals surface area (Å²) in [7, 11) is 0.401. The third kappa shape index (κ3) is 3.24. The van der Waals surface area contributed by atoms with Crippen LogP contribution in [0, 0.1) is 37.0 Å². The fourth-order valence-corrected chi connectivity index (χ4v) is 9.33. The largest absolute Gasteiger partial charge is 0.426 e. The van der Waals surface area contributed by atoms with Crippen molar-refractivity contribution in [2.45, 2.75) is 76.5 Å². The molecule has 1 heterocycles. The molecule has 3 heteroatoms. The number of ether oxygens (including phenoxy) is 1. The average molecular weight is 386 g/mol. The number of hydrogen-bond donors (Lipinski definition) is 0. The van der Waals surface area contributed by atoms with Gasteiger partial charge in [0.05, 0.1) is 5.41 Å². The third-order valence-corrected chi connectivity index (χ3v) is 10.2. The van der Waals surface area contributed by atoms with Crippen molar-refractivity contribution in [2.75, 3.05) is 11.5 Å². The lowest BCUT2D eigenvalue weighted by molar-refractivity contribution is -0.161. The van der Waals surface area contributed by atoms with E-state index in [0.717, 1.165) is 53.9 Å². The van der Waals surface area contributed by atoms with E-state index in [1.54, 1.807) is 0 Å². The van der Waals surface area contributed by atoms with Crippen molar-refractivity contribution in [3.8, 4) is 5.75 Å². The summed E-state index contributed by atoms with van der Waals surface area (Å²) in [6.07, 6.45) is 11.5. The molecule has 1 aromatic carbocycles. The molecule has 146 valence electrons. The quantitative estimate of drug-likeness (QED) is 0.385. The van der Waals surface area contributed by atoms with E-state index >= 15 is 0 Å². The Morgan fingerprint density at radius 3 is 1.96 bits per heavy atom. The van der Waals surface area contributed by atoms with Gasteiger partial charge in [-0.25, -0.2) is 0 Å². The molecule has 4 saturated carbocycles. The van der Waals surface area contributed by atoms with Crippen LogP contribution in [0.1, 0.15) is 68.9 Å². The molecule has 0 amide bonds. The predicted molar refractivity (Wildman–Crippen MR) is 111 cm³/mol. The van der Waals surface area contributed by atoms with Crippen molar-refractivity contribution in [1.82, 2.24) is 0 Å². The molecule has 27 heavy (non-hydrogen) atoms. The molecule has 2 nitrogen and oxygen atoms in total. The Morgan fingerprint density at radius 2 is 1.44 bits per heavy atom. The van der Waals surface area contributed by atoms with Gasteiger partial charge in [-0.2, -0.15) is 0 Å². The molecule has 0 N–H and O–H groups in total. The minimum absolute atomic E-state index is 0.0839. The molecule has 0 radical (unpaired) electrons. The van der Waals surface area contributed by atoms with Gasteiger partial charge in [-0.1, -0.05) is 0 Å². The lowest BCUT2D eigenvalue weighted by atomic mass is 9.49. The first-order chi connectivity index (χ1) is 13.0. The highest BCUT2D eigenvalue weighted by atomic mass is 32.2. The van der Waals surface area contributed by atoms with Gasteiger partial charge >= 0.3 is 5.97 Å². The van der Waals surface area contributed by atoms with E-state index in [1.807, 2.05) is 0 Å². The summed E-state index contributed by atoms with van der Waals surface area (Å²) in [6.45, 7) is 4.26. The molecule has 0 unspecified atom stereocenters. The van der Waals surface area contributed by atoms with E-state index < -0.39 is 0 Å². The first-order valence-electron chi connectivity index (χ1n) is 11.0. The highest BCUT2D eigenvalue weighted by molar-refractivity contribution is 7.96. The number of rotatable bonds is 3. The lowest BCUT2D eigenvalue weighted by Gasteiger charge is -2.55. The third-order valence-electron chi connectivity index (χ3n) is 7.71. The maximum absolute atomic E-state index is 13.3. The van der Waals surface area contributed by atoms with Gasteiger partial charge < -0.3 is 4.74 Å². The van der Waals surface area contributed by atoms with Gasteiger partial charge in [0, 0.05) is 10.9 Å². The van der Waals surface area contributed by atoms with E-state index in [2.05, 4.69) is 26.0 Å². The van der Waals surface area contributed by atoms with Crippen molar-refractivity contribution in [1.29, 1.82) is 0 Å². The zero-order valence-electron chi connectivity index (χ0n) is 16.9. The summed E-state index contributed by atoms with van der Waals surface area (Å²) in [6, 6.07) is 4.62. The maximum atomic E-state index is 13.3. The number of esters is 1. The molecular weight excluding hydrogens is 352 g/mol. The molecule has 1 aromatic rings. The van der Waals surface area contributed by atoms with Gasteiger partial charge in [0.25, 0.3) is 0 Å². The summed E-state index contributed by atoms with van der Waals surface area (Å²) in [5, 5.41) is 0. The fourth-order valence-electron chi connectivity index (χ4n) is 6.87. The fraction of sp³-hybridized carbons (Fsp3) is 0.708. The first-order valence-corrected chi connectivity index (χ1v) is 12.6. The topological polar surface area (TPSA) is 26.3 Å². The van der Waals surface area contributed by atoms with Crippen LogP contribution < -0.4 is 4.74 Å². The Morgan fingerprint density at radius 1 is 0.926 bits per heavy atom. The van der Waals surface area contributed by atoms with Crippen molar-refractivity contribution in [2.24, 2.45) is 23.2 Å². The summed E-state index contributed by atoms with van der Waals surface area (Å²) >= 11 is 0. The van der Waals surface area contributed by atoms with Crippen LogP contribution in [-0.2, 0) is 15.7 Å². The van der Waals surface area contributed by atoms with Crippen LogP contribution in [0.15, 0.2) is 17.0 Å². The van der Waals surface area contributed by atoms with E-state index in [1.165, 1.54) is 54.9 Å². The van der Waals surface area contributed by atoms with Crippen LogP contribution in [0.3, 0.4) is 0 Å².